The topological polar surface area (TPSA) is 45.4 Å². The van der Waals surface area contributed by atoms with Gasteiger partial charge in [0.1, 0.15) is 0 Å². The lowest BCUT2D eigenvalue weighted by atomic mass is 9.93. The fraction of sp³-hybridized carbons (Fsp3) is 0.636. The number of nitrogens with zero attached hydrogens (tertiary/aromatic N) is 4. The molecule has 0 N–H and O–H groups in total. The summed E-state index contributed by atoms with van der Waals surface area (Å²) in [6.45, 7) is 6.87. The van der Waals surface area contributed by atoms with E-state index in [0.29, 0.717) is 23.9 Å². The van der Waals surface area contributed by atoms with Crippen LogP contribution in [-0.4, -0.2) is 52.2 Å². The van der Waals surface area contributed by atoms with E-state index in [0.717, 1.165) is 50.6 Å². The molecule has 0 bridgehead atoms. The summed E-state index contributed by atoms with van der Waals surface area (Å²) in [6, 6.07) is 12.0. The van der Waals surface area contributed by atoms with Crippen molar-refractivity contribution in [2.24, 2.45) is 0 Å². The van der Waals surface area contributed by atoms with E-state index in [-0.39, 0.29) is 0 Å². The second-order valence-corrected chi connectivity index (χ2v) is 8.42. The van der Waals surface area contributed by atoms with Gasteiger partial charge in [-0.25, -0.2) is 0 Å². The molecule has 2 aromatic rings. The number of likely N-dealkylation sites (tertiary alicyclic amines) is 1. The molecule has 3 aliphatic heterocycles. The molecule has 4 heterocycles. The summed E-state index contributed by atoms with van der Waals surface area (Å²) < 4.78 is 5.78. The molecule has 144 valence electrons. The first-order valence-corrected chi connectivity index (χ1v) is 10.7. The minimum absolute atomic E-state index is 0.408. The molecule has 3 fully saturated rings. The molecule has 5 nitrogen and oxygen atoms in total. The Hall–Kier alpha value is -1.72. The van der Waals surface area contributed by atoms with Gasteiger partial charge in [-0.2, -0.15) is 4.98 Å². The third-order valence-electron chi connectivity index (χ3n) is 7.04. The van der Waals surface area contributed by atoms with Gasteiger partial charge in [-0.3, -0.25) is 4.90 Å². The maximum atomic E-state index is 5.78. The first kappa shape index (κ1) is 17.4. The molecule has 0 aliphatic carbocycles. The normalized spacial score (nSPS) is 30.0. The Kier molecular flexibility index (Phi) is 4.74. The lowest BCUT2D eigenvalue weighted by molar-refractivity contribution is 0.202. The van der Waals surface area contributed by atoms with Crippen LogP contribution in [0.15, 0.2) is 34.9 Å². The van der Waals surface area contributed by atoms with Gasteiger partial charge in [-0.05, 0) is 63.8 Å². The van der Waals surface area contributed by atoms with E-state index in [9.17, 15) is 0 Å². The predicted octanol–water partition coefficient (Wildman–Crippen LogP) is 3.96. The van der Waals surface area contributed by atoms with Crippen LogP contribution in [0.2, 0.25) is 0 Å². The van der Waals surface area contributed by atoms with E-state index in [1.807, 2.05) is 0 Å². The minimum atomic E-state index is 0.408. The van der Waals surface area contributed by atoms with Gasteiger partial charge in [0.05, 0.1) is 0 Å². The van der Waals surface area contributed by atoms with E-state index in [1.54, 1.807) is 0 Å². The quantitative estimate of drug-likeness (QED) is 0.819. The van der Waals surface area contributed by atoms with Crippen LogP contribution in [0.1, 0.15) is 74.2 Å². The van der Waals surface area contributed by atoms with Crippen LogP contribution in [0, 0.1) is 0 Å². The van der Waals surface area contributed by atoms with Crippen molar-refractivity contribution in [3.63, 3.8) is 0 Å². The van der Waals surface area contributed by atoms with Crippen molar-refractivity contribution in [2.75, 3.05) is 26.2 Å². The zero-order valence-corrected chi connectivity index (χ0v) is 16.3. The smallest absolute Gasteiger partial charge is 0.229 e. The highest BCUT2D eigenvalue weighted by Crippen LogP contribution is 2.48. The molecule has 5 rings (SSSR count). The predicted molar refractivity (Wildman–Crippen MR) is 105 cm³/mol. The Morgan fingerprint density at radius 1 is 1.07 bits per heavy atom. The molecule has 0 unspecified atom stereocenters. The van der Waals surface area contributed by atoms with E-state index >= 15 is 0 Å². The maximum absolute atomic E-state index is 5.78. The van der Waals surface area contributed by atoms with Gasteiger partial charge in [0, 0.05) is 23.9 Å². The SMILES string of the molecule is CCN1CCC(c2nc([C@H]3C[C@@H](c4ccccc4)N4CCC[C@H]34)no2)CC1. The standard InChI is InChI=1S/C22H30N4O/c1-2-25-13-10-17(11-14-25)22-23-21(24-27-22)18-15-20(16-7-4-3-5-8-16)26-12-6-9-19(18)26/h3-5,7-8,17-20H,2,6,9-15H2,1H3/t18-,19+,20-/m0/s1. The average Bonchev–Trinajstić information content (AvgIpc) is 3.45. The van der Waals surface area contributed by atoms with Crippen molar-refractivity contribution in [3.05, 3.63) is 47.6 Å². The number of hydrogen-bond donors (Lipinski definition) is 0. The molecule has 0 saturated carbocycles. The zero-order valence-electron chi connectivity index (χ0n) is 16.3. The summed E-state index contributed by atoms with van der Waals surface area (Å²) in [6.07, 6.45) is 5.93. The third kappa shape index (κ3) is 3.21. The number of fused-ring (bicyclic) bond motifs is 1. The van der Waals surface area contributed by atoms with Gasteiger partial charge in [-0.15, -0.1) is 0 Å². The number of benzene rings is 1. The van der Waals surface area contributed by atoms with Gasteiger partial charge in [0.2, 0.25) is 5.89 Å². The molecule has 0 spiro atoms. The van der Waals surface area contributed by atoms with Crippen molar-refractivity contribution in [3.8, 4) is 0 Å². The second-order valence-electron chi connectivity index (χ2n) is 8.42. The Morgan fingerprint density at radius 2 is 1.89 bits per heavy atom. The van der Waals surface area contributed by atoms with Crippen molar-refractivity contribution >= 4 is 0 Å². The Bertz CT molecular complexity index is 753. The van der Waals surface area contributed by atoms with Crippen LogP contribution in [0.25, 0.3) is 0 Å². The number of aromatic nitrogens is 2. The van der Waals surface area contributed by atoms with Crippen molar-refractivity contribution in [2.45, 2.75) is 62.9 Å². The van der Waals surface area contributed by atoms with E-state index < -0.39 is 0 Å². The average molecular weight is 367 g/mol. The second kappa shape index (κ2) is 7.36. The Labute approximate surface area is 161 Å². The van der Waals surface area contributed by atoms with E-state index in [2.05, 4.69) is 52.2 Å². The van der Waals surface area contributed by atoms with E-state index in [1.165, 1.54) is 24.9 Å². The van der Waals surface area contributed by atoms with Crippen molar-refractivity contribution in [1.29, 1.82) is 0 Å². The summed E-state index contributed by atoms with van der Waals surface area (Å²) >= 11 is 0. The molecule has 3 aliphatic rings. The van der Waals surface area contributed by atoms with Gasteiger partial charge in [0.15, 0.2) is 5.82 Å². The van der Waals surface area contributed by atoms with Gasteiger partial charge in [0.25, 0.3) is 0 Å². The molecule has 5 heteroatoms. The maximum Gasteiger partial charge on any atom is 0.229 e. The molecule has 0 radical (unpaired) electrons. The molecule has 1 aromatic carbocycles. The zero-order chi connectivity index (χ0) is 18.2. The minimum Gasteiger partial charge on any atom is -0.339 e. The largest absolute Gasteiger partial charge is 0.339 e. The highest BCUT2D eigenvalue weighted by atomic mass is 16.5. The van der Waals surface area contributed by atoms with Crippen LogP contribution in [0.3, 0.4) is 0 Å². The van der Waals surface area contributed by atoms with E-state index in [4.69, 9.17) is 9.51 Å². The molecular weight excluding hydrogens is 336 g/mol. The van der Waals surface area contributed by atoms with Crippen LogP contribution in [0.4, 0.5) is 0 Å². The number of rotatable bonds is 4. The first-order chi connectivity index (χ1) is 13.3. The monoisotopic (exact) mass is 366 g/mol. The summed E-state index contributed by atoms with van der Waals surface area (Å²) in [5, 5.41) is 4.47. The molecule has 3 saturated heterocycles. The molecular formula is C22H30N4O. The lowest BCUT2D eigenvalue weighted by Gasteiger charge is -2.28. The van der Waals surface area contributed by atoms with Crippen LogP contribution >= 0.6 is 0 Å². The third-order valence-corrected chi connectivity index (χ3v) is 7.04. The number of hydrogen-bond acceptors (Lipinski definition) is 5. The van der Waals surface area contributed by atoms with Crippen LogP contribution in [-0.2, 0) is 0 Å². The Morgan fingerprint density at radius 3 is 2.67 bits per heavy atom. The van der Waals surface area contributed by atoms with Gasteiger partial charge < -0.3 is 9.42 Å². The lowest BCUT2D eigenvalue weighted by Crippen LogP contribution is -2.32. The summed E-state index contributed by atoms with van der Waals surface area (Å²) in [7, 11) is 0. The van der Waals surface area contributed by atoms with Crippen molar-refractivity contribution < 1.29 is 4.52 Å². The molecule has 3 atom stereocenters. The van der Waals surface area contributed by atoms with Crippen molar-refractivity contribution in [1.82, 2.24) is 19.9 Å². The highest BCUT2D eigenvalue weighted by Gasteiger charge is 2.46. The highest BCUT2D eigenvalue weighted by molar-refractivity contribution is 5.24. The molecule has 0 amide bonds. The Balaban J connectivity index is 1.34. The summed E-state index contributed by atoms with van der Waals surface area (Å²) in [4.78, 5) is 10.1. The molecule has 27 heavy (non-hydrogen) atoms. The van der Waals surface area contributed by atoms with Crippen LogP contribution < -0.4 is 0 Å². The summed E-state index contributed by atoms with van der Waals surface area (Å²) in [5.41, 5.74) is 1.43. The first-order valence-electron chi connectivity index (χ1n) is 10.7. The molecule has 1 aromatic heterocycles. The van der Waals surface area contributed by atoms with Crippen LogP contribution in [0.5, 0.6) is 0 Å². The van der Waals surface area contributed by atoms with Gasteiger partial charge >= 0.3 is 0 Å². The summed E-state index contributed by atoms with van der Waals surface area (Å²) in [5.74, 6) is 2.69. The fourth-order valence-corrected chi connectivity index (χ4v) is 5.51. The fourth-order valence-electron chi connectivity index (χ4n) is 5.51. The number of piperidine rings is 1. The van der Waals surface area contributed by atoms with Gasteiger partial charge in [-0.1, -0.05) is 42.4 Å².